The van der Waals surface area contributed by atoms with E-state index in [9.17, 15) is 9.59 Å². The number of hydrogen-bond donors (Lipinski definition) is 1. The molecule has 2 aromatic rings. The largest absolute Gasteiger partial charge is 0.477 e. The molecule has 0 saturated carbocycles. The zero-order chi connectivity index (χ0) is 18.5. The molecule has 26 heavy (non-hydrogen) atoms. The number of ether oxygens (including phenoxy) is 1. The van der Waals surface area contributed by atoms with Crippen LogP contribution in [0.5, 0.6) is 5.75 Å². The first-order chi connectivity index (χ1) is 12.6. The maximum atomic E-state index is 13.0. The predicted molar refractivity (Wildman–Crippen MR) is 99.8 cm³/mol. The molecule has 1 aliphatic rings. The van der Waals surface area contributed by atoms with Crippen LogP contribution in [0, 0.1) is 0 Å². The number of primary amides is 1. The van der Waals surface area contributed by atoms with E-state index in [4.69, 9.17) is 10.5 Å². The van der Waals surface area contributed by atoms with Gasteiger partial charge in [0.05, 0.1) is 18.8 Å². The summed E-state index contributed by atoms with van der Waals surface area (Å²) >= 11 is 0. The van der Waals surface area contributed by atoms with Gasteiger partial charge in [-0.2, -0.15) is 0 Å². The van der Waals surface area contributed by atoms with Crippen LogP contribution >= 0.6 is 0 Å². The Bertz CT molecular complexity index is 779. The molecule has 0 spiro atoms. The van der Waals surface area contributed by atoms with Crippen LogP contribution in [-0.4, -0.2) is 42.5 Å². The average Bonchev–Trinajstić information content (AvgIpc) is 2.67. The topological polar surface area (TPSA) is 75.9 Å². The van der Waals surface area contributed by atoms with E-state index in [0.717, 1.165) is 12.1 Å². The molecule has 0 saturated heterocycles. The molecule has 2 N–H and O–H groups in total. The number of hydrogen-bond acceptors (Lipinski definition) is 4. The molecule has 6 nitrogen and oxygen atoms in total. The lowest BCUT2D eigenvalue weighted by atomic mass is 10.1. The van der Waals surface area contributed by atoms with Crippen LogP contribution in [0.25, 0.3) is 0 Å². The second kappa shape index (κ2) is 8.01. The normalized spacial score (nSPS) is 16.1. The Balaban J connectivity index is 1.76. The van der Waals surface area contributed by atoms with Gasteiger partial charge < -0.3 is 15.4 Å². The molecule has 2 aromatic carbocycles. The van der Waals surface area contributed by atoms with Crippen molar-refractivity contribution in [2.75, 3.05) is 24.5 Å². The molecule has 1 atom stereocenters. The third kappa shape index (κ3) is 4.03. The van der Waals surface area contributed by atoms with Crippen molar-refractivity contribution in [2.24, 2.45) is 5.73 Å². The van der Waals surface area contributed by atoms with Crippen molar-refractivity contribution in [3.63, 3.8) is 0 Å². The molecule has 0 unspecified atom stereocenters. The lowest BCUT2D eigenvalue weighted by molar-refractivity contribution is -0.125. The lowest BCUT2D eigenvalue weighted by Crippen LogP contribution is -2.51. The van der Waals surface area contributed by atoms with Gasteiger partial charge in [0.1, 0.15) is 5.75 Å². The summed E-state index contributed by atoms with van der Waals surface area (Å²) in [6.07, 6.45) is -0.835. The number of nitrogens with two attached hydrogens (primary N) is 1. The minimum absolute atomic E-state index is 0.0789. The van der Waals surface area contributed by atoms with E-state index >= 15 is 0 Å². The first-order valence-electron chi connectivity index (χ1n) is 8.70. The predicted octanol–water partition coefficient (Wildman–Crippen LogP) is 1.79. The van der Waals surface area contributed by atoms with Crippen LogP contribution < -0.4 is 15.4 Å². The fraction of sp³-hybridized carbons (Fsp3) is 0.300. The number of carbonyl (C=O) groups excluding carboxylic acids is 2. The van der Waals surface area contributed by atoms with Gasteiger partial charge in [-0.3, -0.25) is 14.5 Å². The maximum Gasteiger partial charge on any atom is 0.260 e. The molecule has 136 valence electrons. The van der Waals surface area contributed by atoms with Gasteiger partial charge in [-0.25, -0.2) is 0 Å². The van der Waals surface area contributed by atoms with Crippen LogP contribution in [0.2, 0.25) is 0 Å². The highest BCUT2D eigenvalue weighted by Crippen LogP contribution is 2.33. The molecular weight excluding hydrogens is 330 g/mol. The second-order valence-electron chi connectivity index (χ2n) is 6.27. The summed E-state index contributed by atoms with van der Waals surface area (Å²) in [6, 6.07) is 17.2. The maximum absolute atomic E-state index is 13.0. The number of nitrogens with zero attached hydrogens (tertiary/aromatic N) is 2. The van der Waals surface area contributed by atoms with E-state index in [1.165, 1.54) is 0 Å². The van der Waals surface area contributed by atoms with Crippen molar-refractivity contribution >= 4 is 17.5 Å². The number of fused-ring (bicyclic) bond motifs is 1. The number of likely N-dealkylation sites (N-methyl/N-ethyl adjacent to an activating group) is 1. The van der Waals surface area contributed by atoms with Gasteiger partial charge in [0.15, 0.2) is 6.10 Å². The minimum Gasteiger partial charge on any atom is -0.477 e. The summed E-state index contributed by atoms with van der Waals surface area (Å²) in [4.78, 5) is 28.2. The van der Waals surface area contributed by atoms with Crippen LogP contribution in [0.4, 0.5) is 5.69 Å². The monoisotopic (exact) mass is 353 g/mol. The summed E-state index contributed by atoms with van der Waals surface area (Å²) < 4.78 is 5.62. The van der Waals surface area contributed by atoms with Gasteiger partial charge in [0.2, 0.25) is 5.91 Å². The molecule has 1 aliphatic heterocycles. The van der Waals surface area contributed by atoms with E-state index in [-0.39, 0.29) is 19.0 Å². The highest BCUT2D eigenvalue weighted by molar-refractivity contribution is 5.98. The number of para-hydroxylation sites is 2. The molecule has 6 heteroatoms. The van der Waals surface area contributed by atoms with E-state index in [1.54, 1.807) is 17.0 Å². The summed E-state index contributed by atoms with van der Waals surface area (Å²) in [5.41, 5.74) is 7.23. The van der Waals surface area contributed by atoms with E-state index in [2.05, 4.69) is 4.90 Å². The fourth-order valence-corrected chi connectivity index (χ4v) is 3.02. The van der Waals surface area contributed by atoms with Gasteiger partial charge in [-0.15, -0.1) is 0 Å². The molecule has 0 fully saturated rings. The van der Waals surface area contributed by atoms with E-state index in [0.29, 0.717) is 18.0 Å². The zero-order valence-electron chi connectivity index (χ0n) is 14.8. The first kappa shape index (κ1) is 17.9. The van der Waals surface area contributed by atoms with Crippen LogP contribution in [-0.2, 0) is 16.1 Å². The number of carbonyl (C=O) groups is 2. The fourth-order valence-electron chi connectivity index (χ4n) is 3.02. The third-order valence-corrected chi connectivity index (χ3v) is 4.45. The lowest BCUT2D eigenvalue weighted by Gasteiger charge is -2.34. The quantitative estimate of drug-likeness (QED) is 0.859. The number of rotatable bonds is 6. The number of amides is 2. The van der Waals surface area contributed by atoms with Crippen molar-refractivity contribution in [2.45, 2.75) is 19.6 Å². The van der Waals surface area contributed by atoms with Crippen molar-refractivity contribution < 1.29 is 14.3 Å². The Labute approximate surface area is 153 Å². The molecule has 0 radical (unpaired) electrons. The van der Waals surface area contributed by atoms with Crippen molar-refractivity contribution in [3.05, 3.63) is 60.2 Å². The minimum atomic E-state index is -0.835. The number of anilines is 1. The van der Waals surface area contributed by atoms with Crippen molar-refractivity contribution in [1.82, 2.24) is 4.90 Å². The molecule has 2 amide bonds. The van der Waals surface area contributed by atoms with Gasteiger partial charge in [-0.1, -0.05) is 49.4 Å². The Morgan fingerprint density at radius 2 is 1.85 bits per heavy atom. The van der Waals surface area contributed by atoms with Gasteiger partial charge >= 0.3 is 0 Å². The van der Waals surface area contributed by atoms with Crippen LogP contribution in [0.3, 0.4) is 0 Å². The molecule has 3 rings (SSSR count). The van der Waals surface area contributed by atoms with Crippen molar-refractivity contribution in [3.8, 4) is 5.75 Å². The van der Waals surface area contributed by atoms with Crippen LogP contribution in [0.1, 0.15) is 12.5 Å². The Morgan fingerprint density at radius 1 is 1.15 bits per heavy atom. The second-order valence-corrected chi connectivity index (χ2v) is 6.27. The Morgan fingerprint density at radius 3 is 2.54 bits per heavy atom. The van der Waals surface area contributed by atoms with Crippen LogP contribution in [0.15, 0.2) is 54.6 Å². The standard InChI is InChI=1S/C20H23N3O3/c1-2-22(12-15-8-4-3-5-9-15)14-19(24)23-13-18(20(21)25)26-17-11-7-6-10-16(17)23/h3-11,18H,2,12-14H2,1H3,(H2,21,25)/t18-/m0/s1. The number of benzene rings is 2. The van der Waals surface area contributed by atoms with Gasteiger partial charge in [-0.05, 0) is 24.2 Å². The molecule has 1 heterocycles. The molecular formula is C20H23N3O3. The summed E-state index contributed by atoms with van der Waals surface area (Å²) in [7, 11) is 0. The highest BCUT2D eigenvalue weighted by Gasteiger charge is 2.32. The van der Waals surface area contributed by atoms with Crippen molar-refractivity contribution in [1.29, 1.82) is 0 Å². The Hall–Kier alpha value is -2.86. The highest BCUT2D eigenvalue weighted by atomic mass is 16.5. The van der Waals surface area contributed by atoms with Gasteiger partial charge in [0.25, 0.3) is 5.91 Å². The third-order valence-electron chi connectivity index (χ3n) is 4.45. The van der Waals surface area contributed by atoms with Gasteiger partial charge in [0, 0.05) is 6.54 Å². The Kier molecular flexibility index (Phi) is 5.53. The molecule has 0 bridgehead atoms. The summed E-state index contributed by atoms with van der Waals surface area (Å²) in [5, 5.41) is 0. The SMILES string of the molecule is CCN(CC(=O)N1C[C@@H](C(N)=O)Oc2ccccc21)Cc1ccccc1. The summed E-state index contributed by atoms with van der Waals surface area (Å²) in [5.74, 6) is -0.152. The first-order valence-corrected chi connectivity index (χ1v) is 8.70. The van der Waals surface area contributed by atoms with E-state index < -0.39 is 12.0 Å². The smallest absolute Gasteiger partial charge is 0.260 e. The molecule has 0 aliphatic carbocycles. The van der Waals surface area contributed by atoms with E-state index in [1.807, 2.05) is 49.4 Å². The zero-order valence-corrected chi connectivity index (χ0v) is 14.8. The summed E-state index contributed by atoms with van der Waals surface area (Å²) in [6.45, 7) is 3.84. The molecule has 0 aromatic heterocycles. The average molecular weight is 353 g/mol.